The Hall–Kier alpha value is -2.14. The highest BCUT2D eigenvalue weighted by atomic mass is 16.1. The molecule has 110 valence electrons. The molecule has 2 N–H and O–H groups in total. The first-order valence-corrected chi connectivity index (χ1v) is 7.25. The van der Waals surface area contributed by atoms with E-state index in [4.69, 9.17) is 5.73 Å². The van der Waals surface area contributed by atoms with Gasteiger partial charge in [0.2, 0.25) is 5.91 Å². The third-order valence-electron chi connectivity index (χ3n) is 4.10. The lowest BCUT2D eigenvalue weighted by atomic mass is 10.1. The van der Waals surface area contributed by atoms with Gasteiger partial charge in [-0.25, -0.2) is 0 Å². The van der Waals surface area contributed by atoms with E-state index in [1.165, 1.54) is 24.0 Å². The maximum absolute atomic E-state index is 11.1. The molecular formula is C16H20N4O. The van der Waals surface area contributed by atoms with E-state index in [9.17, 15) is 4.79 Å². The van der Waals surface area contributed by atoms with E-state index < -0.39 is 0 Å². The van der Waals surface area contributed by atoms with Gasteiger partial charge in [0.25, 0.3) is 0 Å². The minimum Gasteiger partial charge on any atom is -0.366 e. The summed E-state index contributed by atoms with van der Waals surface area (Å²) in [6.45, 7) is 1.98. The number of benzene rings is 1. The molecule has 0 unspecified atom stereocenters. The van der Waals surface area contributed by atoms with Crippen LogP contribution in [0.4, 0.5) is 0 Å². The van der Waals surface area contributed by atoms with E-state index in [0.717, 1.165) is 13.1 Å². The van der Waals surface area contributed by atoms with Gasteiger partial charge in [-0.2, -0.15) is 5.10 Å². The van der Waals surface area contributed by atoms with E-state index in [1.54, 1.807) is 12.1 Å². The molecule has 21 heavy (non-hydrogen) atoms. The molecule has 2 aromatic rings. The lowest BCUT2D eigenvalue weighted by Crippen LogP contribution is -2.22. The number of likely N-dealkylation sites (tertiary alicyclic amines) is 1. The normalized spacial score (nSPS) is 19.0. The summed E-state index contributed by atoms with van der Waals surface area (Å²) in [7, 11) is 1.95. The number of hydrogen-bond donors (Lipinski definition) is 1. The summed E-state index contributed by atoms with van der Waals surface area (Å²) >= 11 is 0. The van der Waals surface area contributed by atoms with Crippen molar-refractivity contribution in [3.8, 4) is 0 Å². The number of nitrogens with zero attached hydrogens (tertiary/aromatic N) is 3. The molecule has 3 rings (SSSR count). The fourth-order valence-corrected chi connectivity index (χ4v) is 3.01. The Labute approximate surface area is 124 Å². The summed E-state index contributed by atoms with van der Waals surface area (Å²) in [6, 6.07) is 8.01. The first kappa shape index (κ1) is 13.8. The van der Waals surface area contributed by atoms with Crippen LogP contribution in [0, 0.1) is 0 Å². The smallest absolute Gasteiger partial charge is 0.248 e. The molecule has 1 aromatic heterocycles. The number of aryl methyl sites for hydroxylation is 1. The van der Waals surface area contributed by atoms with E-state index >= 15 is 0 Å². The number of primary amides is 1. The predicted molar refractivity (Wildman–Crippen MR) is 80.6 cm³/mol. The van der Waals surface area contributed by atoms with Gasteiger partial charge in [-0.05, 0) is 37.1 Å². The average Bonchev–Trinajstić information content (AvgIpc) is 3.08. The SMILES string of the molecule is Cn1cc([C@H]2CCCN2Cc2ccc(C(N)=O)cc2)cn1. The molecule has 1 fully saturated rings. The van der Waals surface area contributed by atoms with Gasteiger partial charge in [0.1, 0.15) is 0 Å². The quantitative estimate of drug-likeness (QED) is 0.932. The van der Waals surface area contributed by atoms with Gasteiger partial charge in [-0.1, -0.05) is 12.1 Å². The average molecular weight is 284 g/mol. The van der Waals surface area contributed by atoms with Crippen LogP contribution >= 0.6 is 0 Å². The molecule has 2 heterocycles. The van der Waals surface area contributed by atoms with E-state index in [2.05, 4.69) is 16.2 Å². The van der Waals surface area contributed by atoms with Crippen LogP contribution in [0.2, 0.25) is 0 Å². The molecule has 1 saturated heterocycles. The maximum atomic E-state index is 11.1. The zero-order valence-electron chi connectivity index (χ0n) is 12.2. The minimum atomic E-state index is -0.379. The van der Waals surface area contributed by atoms with Crippen molar-refractivity contribution >= 4 is 5.91 Å². The number of nitrogens with two attached hydrogens (primary N) is 1. The van der Waals surface area contributed by atoms with E-state index in [1.807, 2.05) is 30.1 Å². The monoisotopic (exact) mass is 284 g/mol. The summed E-state index contributed by atoms with van der Waals surface area (Å²) in [5, 5.41) is 4.27. The molecule has 1 amide bonds. The fraction of sp³-hybridized carbons (Fsp3) is 0.375. The van der Waals surface area contributed by atoms with Gasteiger partial charge >= 0.3 is 0 Å². The van der Waals surface area contributed by atoms with E-state index in [-0.39, 0.29) is 5.91 Å². The first-order chi connectivity index (χ1) is 10.1. The highest BCUT2D eigenvalue weighted by Gasteiger charge is 2.26. The van der Waals surface area contributed by atoms with Crippen molar-refractivity contribution in [2.75, 3.05) is 6.54 Å². The van der Waals surface area contributed by atoms with Crippen molar-refractivity contribution in [3.63, 3.8) is 0 Å². The minimum absolute atomic E-state index is 0.379. The Balaban J connectivity index is 1.72. The van der Waals surface area contributed by atoms with Crippen LogP contribution < -0.4 is 5.73 Å². The van der Waals surface area contributed by atoms with Crippen LogP contribution in [0.25, 0.3) is 0 Å². The molecular weight excluding hydrogens is 264 g/mol. The lowest BCUT2D eigenvalue weighted by molar-refractivity contribution is 0.100. The van der Waals surface area contributed by atoms with Crippen molar-refractivity contribution in [2.24, 2.45) is 12.8 Å². The van der Waals surface area contributed by atoms with Crippen molar-refractivity contribution in [3.05, 3.63) is 53.3 Å². The van der Waals surface area contributed by atoms with Crippen LogP contribution in [-0.2, 0) is 13.6 Å². The Morgan fingerprint density at radius 1 is 1.38 bits per heavy atom. The molecule has 1 atom stereocenters. The van der Waals surface area contributed by atoms with Crippen LogP contribution in [0.1, 0.15) is 40.4 Å². The topological polar surface area (TPSA) is 64.2 Å². The van der Waals surface area contributed by atoms with Gasteiger partial charge in [0, 0.05) is 37.0 Å². The molecule has 5 heteroatoms. The molecule has 0 bridgehead atoms. The zero-order valence-corrected chi connectivity index (χ0v) is 12.2. The number of hydrogen-bond acceptors (Lipinski definition) is 3. The highest BCUT2D eigenvalue weighted by molar-refractivity contribution is 5.92. The lowest BCUT2D eigenvalue weighted by Gasteiger charge is -2.23. The maximum Gasteiger partial charge on any atom is 0.248 e. The molecule has 1 aliphatic heterocycles. The number of amides is 1. The summed E-state index contributed by atoms with van der Waals surface area (Å²) < 4.78 is 1.85. The van der Waals surface area contributed by atoms with Crippen molar-refractivity contribution in [1.29, 1.82) is 0 Å². The predicted octanol–water partition coefficient (Wildman–Crippen LogP) is 1.86. The van der Waals surface area contributed by atoms with E-state index in [0.29, 0.717) is 11.6 Å². The van der Waals surface area contributed by atoms with Crippen LogP contribution in [0.15, 0.2) is 36.7 Å². The third-order valence-corrected chi connectivity index (χ3v) is 4.10. The zero-order chi connectivity index (χ0) is 14.8. The van der Waals surface area contributed by atoms with Crippen molar-refractivity contribution in [2.45, 2.75) is 25.4 Å². The third kappa shape index (κ3) is 2.97. The summed E-state index contributed by atoms with van der Waals surface area (Å²) in [4.78, 5) is 13.6. The standard InChI is InChI=1S/C16H20N4O/c1-19-11-14(9-18-19)15-3-2-8-20(15)10-12-4-6-13(7-5-12)16(17)21/h4-7,9,11,15H,2-3,8,10H2,1H3,(H2,17,21)/t15-/m1/s1. The number of carbonyl (C=O) groups excluding carboxylic acids is 1. The highest BCUT2D eigenvalue weighted by Crippen LogP contribution is 2.32. The second kappa shape index (κ2) is 5.69. The van der Waals surface area contributed by atoms with Gasteiger partial charge in [-0.3, -0.25) is 14.4 Å². The number of rotatable bonds is 4. The molecule has 0 radical (unpaired) electrons. The molecule has 1 aromatic carbocycles. The fourth-order valence-electron chi connectivity index (χ4n) is 3.01. The Morgan fingerprint density at radius 3 is 2.76 bits per heavy atom. The Morgan fingerprint density at radius 2 is 2.14 bits per heavy atom. The first-order valence-electron chi connectivity index (χ1n) is 7.25. The van der Waals surface area contributed by atoms with Gasteiger partial charge in [0.05, 0.1) is 6.20 Å². The second-order valence-corrected chi connectivity index (χ2v) is 5.64. The molecule has 0 saturated carbocycles. The Kier molecular flexibility index (Phi) is 3.75. The summed E-state index contributed by atoms with van der Waals surface area (Å²) in [5.41, 5.74) is 8.31. The van der Waals surface area contributed by atoms with Gasteiger partial charge in [0.15, 0.2) is 0 Å². The molecule has 1 aliphatic rings. The molecule has 0 spiro atoms. The largest absolute Gasteiger partial charge is 0.366 e. The van der Waals surface area contributed by atoms with Crippen molar-refractivity contribution in [1.82, 2.24) is 14.7 Å². The molecule has 5 nitrogen and oxygen atoms in total. The summed E-state index contributed by atoms with van der Waals surface area (Å²) in [5.74, 6) is -0.379. The Bertz CT molecular complexity index is 632. The molecule has 0 aliphatic carbocycles. The van der Waals surface area contributed by atoms with Gasteiger partial charge < -0.3 is 5.73 Å². The van der Waals surface area contributed by atoms with Gasteiger partial charge in [-0.15, -0.1) is 0 Å². The van der Waals surface area contributed by atoms with Crippen LogP contribution in [-0.4, -0.2) is 27.1 Å². The second-order valence-electron chi connectivity index (χ2n) is 5.64. The number of carbonyl (C=O) groups is 1. The van der Waals surface area contributed by atoms with Crippen LogP contribution in [0.3, 0.4) is 0 Å². The summed E-state index contributed by atoms with van der Waals surface area (Å²) in [6.07, 6.45) is 6.43. The van der Waals surface area contributed by atoms with Crippen molar-refractivity contribution < 1.29 is 4.79 Å². The number of aromatic nitrogens is 2. The van der Waals surface area contributed by atoms with Crippen LogP contribution in [0.5, 0.6) is 0 Å².